The molecule has 21 heavy (non-hydrogen) atoms. The molecule has 0 spiro atoms. The molecule has 1 aromatic carbocycles. The van der Waals surface area contributed by atoms with Crippen molar-refractivity contribution in [2.75, 3.05) is 14.2 Å². The minimum absolute atomic E-state index is 0.459. The van der Waals surface area contributed by atoms with Crippen molar-refractivity contribution in [3.8, 4) is 0 Å². The Bertz CT molecular complexity index is 585. The number of fused-ring (bicyclic) bond motifs is 1. The Morgan fingerprint density at radius 1 is 1.38 bits per heavy atom. The van der Waals surface area contributed by atoms with Crippen molar-refractivity contribution in [3.05, 3.63) is 51.0 Å². The average Bonchev–Trinajstić information content (AvgIpc) is 2.90. The highest BCUT2D eigenvalue weighted by Crippen LogP contribution is 2.39. The van der Waals surface area contributed by atoms with Crippen molar-refractivity contribution in [2.45, 2.75) is 38.3 Å². The first-order chi connectivity index (χ1) is 10.3. The van der Waals surface area contributed by atoms with Crippen LogP contribution in [-0.4, -0.2) is 19.1 Å². The van der Waals surface area contributed by atoms with Gasteiger partial charge in [-0.3, -0.25) is 0 Å². The molecule has 2 aromatic rings. The van der Waals surface area contributed by atoms with Gasteiger partial charge in [0.2, 0.25) is 0 Å². The lowest BCUT2D eigenvalue weighted by atomic mass is 9.83. The molecule has 1 heterocycles. The largest absolute Gasteiger partial charge is 0.378 e. The topological polar surface area (TPSA) is 34.2 Å². The summed E-state index contributed by atoms with van der Waals surface area (Å²) < 4.78 is 5.30. The van der Waals surface area contributed by atoms with Gasteiger partial charge in [0.15, 0.2) is 0 Å². The van der Waals surface area contributed by atoms with Gasteiger partial charge < -0.3 is 10.1 Å². The summed E-state index contributed by atoms with van der Waals surface area (Å²) in [6, 6.07) is 8.83. The number of ether oxygens (including phenoxy) is 1. The second kappa shape index (κ2) is 6.69. The second-order valence-electron chi connectivity index (χ2n) is 5.53. The zero-order valence-corrected chi connectivity index (χ0v) is 13.5. The molecule has 1 aliphatic carbocycles. The summed E-state index contributed by atoms with van der Waals surface area (Å²) in [7, 11) is 3.71. The molecule has 0 bridgehead atoms. The average molecular weight is 302 g/mol. The number of hydrogen-bond acceptors (Lipinski definition) is 4. The van der Waals surface area contributed by atoms with Crippen LogP contribution in [0.15, 0.2) is 24.3 Å². The van der Waals surface area contributed by atoms with Crippen LogP contribution in [0.2, 0.25) is 0 Å². The van der Waals surface area contributed by atoms with Crippen LogP contribution in [0.1, 0.15) is 45.5 Å². The number of hydrogen-bond donors (Lipinski definition) is 1. The Balaban J connectivity index is 1.95. The summed E-state index contributed by atoms with van der Waals surface area (Å²) >= 11 is 1.84. The number of benzene rings is 1. The second-order valence-corrected chi connectivity index (χ2v) is 6.64. The van der Waals surface area contributed by atoms with E-state index in [4.69, 9.17) is 9.72 Å². The van der Waals surface area contributed by atoms with Gasteiger partial charge in [0.1, 0.15) is 5.01 Å². The van der Waals surface area contributed by atoms with Crippen LogP contribution in [0.5, 0.6) is 0 Å². The highest BCUT2D eigenvalue weighted by molar-refractivity contribution is 7.11. The molecule has 0 fully saturated rings. The molecule has 1 N–H and O–H groups in total. The summed E-state index contributed by atoms with van der Waals surface area (Å²) in [6.07, 6.45) is 3.66. The molecule has 1 atom stereocenters. The minimum atomic E-state index is 0.459. The van der Waals surface area contributed by atoms with Crippen LogP contribution in [-0.2, 0) is 24.3 Å². The number of thiazole rings is 1. The molecular weight excluding hydrogens is 280 g/mol. The summed E-state index contributed by atoms with van der Waals surface area (Å²) in [5.41, 5.74) is 4.06. The number of methoxy groups -OCH3 is 1. The first kappa shape index (κ1) is 14.7. The van der Waals surface area contributed by atoms with Crippen molar-refractivity contribution in [2.24, 2.45) is 0 Å². The number of nitrogens with zero attached hydrogens (tertiary/aromatic N) is 1. The lowest BCUT2D eigenvalue weighted by Gasteiger charge is -2.23. The maximum absolute atomic E-state index is 5.30. The highest BCUT2D eigenvalue weighted by atomic mass is 32.1. The molecule has 112 valence electrons. The molecular formula is C17H22N2OS. The summed E-state index contributed by atoms with van der Waals surface area (Å²) in [5.74, 6) is 0.459. The number of rotatable bonds is 5. The van der Waals surface area contributed by atoms with E-state index in [9.17, 15) is 0 Å². The third-order valence-corrected chi connectivity index (χ3v) is 5.29. The van der Waals surface area contributed by atoms with Crippen molar-refractivity contribution in [1.82, 2.24) is 10.3 Å². The van der Waals surface area contributed by atoms with Crippen molar-refractivity contribution >= 4 is 11.3 Å². The SMILES string of the molecule is CNCc1sc(C2CCCc3ccccc32)nc1COC. The highest BCUT2D eigenvalue weighted by Gasteiger charge is 2.25. The van der Waals surface area contributed by atoms with Crippen LogP contribution < -0.4 is 5.32 Å². The van der Waals surface area contributed by atoms with Gasteiger partial charge in [-0.15, -0.1) is 11.3 Å². The summed E-state index contributed by atoms with van der Waals surface area (Å²) in [4.78, 5) is 6.20. The Hall–Kier alpha value is -1.23. The Morgan fingerprint density at radius 3 is 3.05 bits per heavy atom. The van der Waals surface area contributed by atoms with E-state index in [0.29, 0.717) is 12.5 Å². The van der Waals surface area contributed by atoms with E-state index in [-0.39, 0.29) is 0 Å². The van der Waals surface area contributed by atoms with Crippen molar-refractivity contribution in [1.29, 1.82) is 0 Å². The van der Waals surface area contributed by atoms with E-state index < -0.39 is 0 Å². The lowest BCUT2D eigenvalue weighted by Crippen LogP contribution is -2.10. The molecule has 1 aliphatic rings. The van der Waals surface area contributed by atoms with Crippen molar-refractivity contribution < 1.29 is 4.74 Å². The Labute approximate surface area is 130 Å². The van der Waals surface area contributed by atoms with Gasteiger partial charge in [-0.05, 0) is 37.4 Å². The molecule has 4 heteroatoms. The molecule has 0 saturated carbocycles. The Morgan fingerprint density at radius 2 is 2.24 bits per heavy atom. The summed E-state index contributed by atoms with van der Waals surface area (Å²) in [5, 5.41) is 4.48. The van der Waals surface area contributed by atoms with Gasteiger partial charge in [-0.25, -0.2) is 4.98 Å². The van der Waals surface area contributed by atoms with Gasteiger partial charge >= 0.3 is 0 Å². The zero-order valence-electron chi connectivity index (χ0n) is 12.7. The third-order valence-electron chi connectivity index (χ3n) is 4.08. The third kappa shape index (κ3) is 3.03. The van der Waals surface area contributed by atoms with Crippen LogP contribution in [0.3, 0.4) is 0 Å². The van der Waals surface area contributed by atoms with Crippen molar-refractivity contribution in [3.63, 3.8) is 0 Å². The predicted octanol–water partition coefficient (Wildman–Crippen LogP) is 3.48. The van der Waals surface area contributed by atoms with E-state index in [1.807, 2.05) is 18.4 Å². The molecule has 1 unspecified atom stereocenters. The monoisotopic (exact) mass is 302 g/mol. The maximum Gasteiger partial charge on any atom is 0.101 e. The van der Waals surface area contributed by atoms with Gasteiger partial charge in [-0.1, -0.05) is 24.3 Å². The quantitative estimate of drug-likeness (QED) is 0.918. The molecule has 3 nitrogen and oxygen atoms in total. The van der Waals surface area contributed by atoms with Crippen LogP contribution in [0.4, 0.5) is 0 Å². The van der Waals surface area contributed by atoms with E-state index in [2.05, 4.69) is 29.6 Å². The van der Waals surface area contributed by atoms with Gasteiger partial charge in [0.25, 0.3) is 0 Å². The van der Waals surface area contributed by atoms with E-state index in [0.717, 1.165) is 12.2 Å². The fourth-order valence-corrected chi connectivity index (χ4v) is 4.35. The Kier molecular flexibility index (Phi) is 4.68. The number of nitrogens with one attached hydrogen (secondary N) is 1. The number of aryl methyl sites for hydroxylation is 1. The standard InChI is InChI=1S/C17H22N2OS/c1-18-10-16-15(11-20-2)19-17(21-16)14-9-5-7-12-6-3-4-8-13(12)14/h3-4,6,8,14,18H,5,7,9-11H2,1-2H3. The fourth-order valence-electron chi connectivity index (χ4n) is 3.11. The fraction of sp³-hybridized carbons (Fsp3) is 0.471. The van der Waals surface area contributed by atoms with E-state index >= 15 is 0 Å². The van der Waals surface area contributed by atoms with Gasteiger partial charge in [0, 0.05) is 24.4 Å². The first-order valence-corrected chi connectivity index (χ1v) is 8.35. The molecule has 0 radical (unpaired) electrons. The number of aromatic nitrogens is 1. The smallest absolute Gasteiger partial charge is 0.101 e. The van der Waals surface area contributed by atoms with Gasteiger partial charge in [0.05, 0.1) is 12.3 Å². The predicted molar refractivity (Wildman–Crippen MR) is 86.8 cm³/mol. The maximum atomic E-state index is 5.30. The van der Waals surface area contributed by atoms with E-state index in [1.165, 1.54) is 40.3 Å². The molecule has 0 saturated heterocycles. The van der Waals surface area contributed by atoms with Crippen LogP contribution >= 0.6 is 11.3 Å². The summed E-state index contributed by atoms with van der Waals surface area (Å²) in [6.45, 7) is 1.46. The molecule has 0 aliphatic heterocycles. The molecule has 1 aromatic heterocycles. The normalized spacial score (nSPS) is 17.7. The van der Waals surface area contributed by atoms with E-state index in [1.54, 1.807) is 7.11 Å². The first-order valence-electron chi connectivity index (χ1n) is 7.53. The molecule has 0 amide bonds. The minimum Gasteiger partial charge on any atom is -0.378 e. The lowest BCUT2D eigenvalue weighted by molar-refractivity contribution is 0.181. The van der Waals surface area contributed by atoms with Gasteiger partial charge in [-0.2, -0.15) is 0 Å². The van der Waals surface area contributed by atoms with Crippen LogP contribution in [0, 0.1) is 0 Å². The van der Waals surface area contributed by atoms with Crippen LogP contribution in [0.25, 0.3) is 0 Å². The zero-order chi connectivity index (χ0) is 14.7. The molecule has 3 rings (SSSR count).